The van der Waals surface area contributed by atoms with E-state index in [1.54, 1.807) is 0 Å². The Morgan fingerprint density at radius 1 is 0.630 bits per heavy atom. The van der Waals surface area contributed by atoms with Gasteiger partial charge in [0.05, 0.1) is 157 Å². The predicted octanol–water partition coefficient (Wildman–Crippen LogP) is 1.32. The van der Waals surface area contributed by atoms with Crippen molar-refractivity contribution in [2.45, 2.75) is 43.0 Å². The monoisotopic (exact) mass is 796 g/mol. The van der Waals surface area contributed by atoms with E-state index in [-0.39, 0.29) is 24.0 Å². The summed E-state index contributed by atoms with van der Waals surface area (Å²) < 4.78 is 59.9. The van der Waals surface area contributed by atoms with Gasteiger partial charge in [-0.05, 0) is 18.4 Å². The van der Waals surface area contributed by atoms with Gasteiger partial charge in [-0.1, -0.05) is 11.5 Å². The van der Waals surface area contributed by atoms with E-state index in [0.717, 1.165) is 25.0 Å². The summed E-state index contributed by atoms with van der Waals surface area (Å²) in [5.41, 5.74) is 8.15. The van der Waals surface area contributed by atoms with Crippen molar-refractivity contribution in [2.24, 2.45) is 5.11 Å². The quantitative estimate of drug-likeness (QED) is 0.0261. The van der Waals surface area contributed by atoms with E-state index in [0.29, 0.717) is 170 Å². The number of urea groups is 1. The smallest absolute Gasteiger partial charge is 0.315 e. The lowest BCUT2D eigenvalue weighted by atomic mass is 10.0. The zero-order valence-electron chi connectivity index (χ0n) is 31.8. The molecule has 3 amide bonds. The summed E-state index contributed by atoms with van der Waals surface area (Å²) in [7, 11) is 0. The molecule has 0 saturated carbocycles. The van der Waals surface area contributed by atoms with Gasteiger partial charge in [0, 0.05) is 35.4 Å². The summed E-state index contributed by atoms with van der Waals surface area (Å²) >= 11 is 1.90. The molecule has 0 spiro atoms. The highest BCUT2D eigenvalue weighted by Crippen LogP contribution is 2.33. The number of carbonyl (C=O) groups is 2. The molecule has 19 nitrogen and oxygen atoms in total. The number of thioether (sulfide) groups is 1. The number of ether oxygens (including phenoxy) is 11. The Labute approximate surface area is 323 Å². The average Bonchev–Trinajstić information content (AvgIpc) is 3.73. The molecule has 0 aromatic heterocycles. The Bertz CT molecular complexity index is 960. The molecule has 2 aliphatic rings. The molecule has 3 unspecified atom stereocenters. The van der Waals surface area contributed by atoms with E-state index >= 15 is 0 Å². The van der Waals surface area contributed by atoms with Crippen LogP contribution in [-0.2, 0) is 56.9 Å². The van der Waals surface area contributed by atoms with Crippen molar-refractivity contribution >= 4 is 23.7 Å². The van der Waals surface area contributed by atoms with E-state index in [4.69, 9.17) is 57.6 Å². The molecule has 3 N–H and O–H groups in total. The molecule has 0 bridgehead atoms. The van der Waals surface area contributed by atoms with Gasteiger partial charge in [-0.15, -0.1) is 0 Å². The molecule has 2 saturated heterocycles. The summed E-state index contributed by atoms with van der Waals surface area (Å²) in [4.78, 5) is 26.1. The van der Waals surface area contributed by atoms with Gasteiger partial charge in [0.2, 0.25) is 5.91 Å². The largest absolute Gasteiger partial charge is 0.379 e. The Kier molecular flexibility index (Phi) is 32.6. The number of rotatable bonds is 41. The SMILES string of the molecule is [N-]=[N+]=NCCOCCOCCOCCOCCOCCOCCOCCOCCOCCOCCOCCNC(=O)CCCCC1SCC2NC(=O)NC21. The number of unbranched alkanes of at least 4 members (excludes halogenated alkanes) is 1. The van der Waals surface area contributed by atoms with Crippen LogP contribution in [0.3, 0.4) is 0 Å². The first-order chi connectivity index (χ1) is 26.7. The van der Waals surface area contributed by atoms with Gasteiger partial charge >= 0.3 is 6.03 Å². The second-order valence-corrected chi connectivity index (χ2v) is 13.2. The summed E-state index contributed by atoms with van der Waals surface area (Å²) in [5, 5.41) is 12.7. The van der Waals surface area contributed by atoms with Crippen LogP contribution in [-0.4, -0.2) is 193 Å². The zero-order chi connectivity index (χ0) is 38.4. The van der Waals surface area contributed by atoms with Gasteiger partial charge in [0.15, 0.2) is 0 Å². The molecule has 3 atom stereocenters. The first-order valence-corrected chi connectivity index (χ1v) is 20.1. The third-order valence-corrected chi connectivity index (χ3v) is 9.28. The lowest BCUT2D eigenvalue weighted by molar-refractivity contribution is -0.121. The Balaban J connectivity index is 1.14. The topological polar surface area (TPSA) is 221 Å². The molecule has 2 fully saturated rings. The minimum Gasteiger partial charge on any atom is -0.379 e. The second kappa shape index (κ2) is 36.6. The molecule has 0 aliphatic carbocycles. The van der Waals surface area contributed by atoms with Gasteiger partial charge in [0.25, 0.3) is 0 Å². The van der Waals surface area contributed by atoms with E-state index < -0.39 is 0 Å². The van der Waals surface area contributed by atoms with Crippen LogP contribution in [0.1, 0.15) is 25.7 Å². The minimum absolute atomic E-state index is 0.0404. The highest BCUT2D eigenvalue weighted by molar-refractivity contribution is 8.00. The molecule has 2 rings (SSSR count). The van der Waals surface area contributed by atoms with Crippen LogP contribution in [0.15, 0.2) is 5.11 Å². The minimum atomic E-state index is -0.0626. The lowest BCUT2D eigenvalue weighted by Gasteiger charge is -2.16. The van der Waals surface area contributed by atoms with Crippen LogP contribution in [0.2, 0.25) is 0 Å². The third-order valence-electron chi connectivity index (χ3n) is 7.77. The first kappa shape index (κ1) is 48.1. The number of hydrogen-bond acceptors (Lipinski definition) is 15. The normalized spacial score (nSPS) is 17.6. The maximum Gasteiger partial charge on any atom is 0.315 e. The number of carbonyl (C=O) groups excluding carboxylic acids is 2. The van der Waals surface area contributed by atoms with Crippen LogP contribution >= 0.6 is 11.8 Å². The van der Waals surface area contributed by atoms with Crippen molar-refractivity contribution in [3.05, 3.63) is 10.4 Å². The maximum absolute atomic E-state index is 12.0. The number of nitrogens with zero attached hydrogens (tertiary/aromatic N) is 3. The van der Waals surface area contributed by atoms with E-state index in [1.807, 2.05) is 11.8 Å². The molecule has 0 aromatic carbocycles. The van der Waals surface area contributed by atoms with Gasteiger partial charge in [-0.25, -0.2) is 4.79 Å². The van der Waals surface area contributed by atoms with E-state index in [2.05, 4.69) is 26.0 Å². The second-order valence-electron chi connectivity index (χ2n) is 11.9. The summed E-state index contributed by atoms with van der Waals surface area (Å²) in [6, 6.07) is 0.400. The molecule has 2 heterocycles. The van der Waals surface area contributed by atoms with Crippen molar-refractivity contribution in [1.29, 1.82) is 0 Å². The van der Waals surface area contributed by atoms with Crippen molar-refractivity contribution in [3.8, 4) is 0 Å². The number of amides is 3. The molecule has 54 heavy (non-hydrogen) atoms. The molecule has 20 heteroatoms. The molecular weight excluding hydrogens is 732 g/mol. The summed E-state index contributed by atoms with van der Waals surface area (Å²) in [6.45, 7) is 11.2. The van der Waals surface area contributed by atoms with Crippen LogP contribution in [0.4, 0.5) is 4.79 Å². The molecule has 2 aliphatic heterocycles. The maximum atomic E-state index is 12.0. The summed E-state index contributed by atoms with van der Waals surface area (Å²) in [5.74, 6) is 0.998. The number of hydrogen-bond donors (Lipinski definition) is 3. The van der Waals surface area contributed by atoms with E-state index in [9.17, 15) is 9.59 Å². The summed E-state index contributed by atoms with van der Waals surface area (Å²) in [6.07, 6.45) is 3.33. The Morgan fingerprint density at radius 2 is 1.04 bits per heavy atom. The van der Waals surface area contributed by atoms with Crippen molar-refractivity contribution in [2.75, 3.05) is 164 Å². The van der Waals surface area contributed by atoms with Gasteiger partial charge in [-0.2, -0.15) is 11.8 Å². The van der Waals surface area contributed by atoms with Gasteiger partial charge in [0.1, 0.15) is 0 Å². The number of nitrogens with one attached hydrogen (secondary N) is 3. The van der Waals surface area contributed by atoms with Crippen LogP contribution in [0, 0.1) is 0 Å². The Morgan fingerprint density at radius 3 is 1.46 bits per heavy atom. The highest BCUT2D eigenvalue weighted by atomic mass is 32.2. The van der Waals surface area contributed by atoms with Crippen LogP contribution < -0.4 is 16.0 Å². The fourth-order valence-corrected chi connectivity index (χ4v) is 6.62. The molecule has 0 aromatic rings. The fourth-order valence-electron chi connectivity index (χ4n) is 5.08. The van der Waals surface area contributed by atoms with Crippen LogP contribution in [0.5, 0.6) is 0 Å². The van der Waals surface area contributed by atoms with Crippen molar-refractivity contribution in [3.63, 3.8) is 0 Å². The van der Waals surface area contributed by atoms with E-state index in [1.165, 1.54) is 0 Å². The standard InChI is InChI=1S/C34H64N6O13S/c35-40-37-6-8-44-10-12-46-14-16-48-18-20-50-22-24-52-26-28-53-27-25-51-23-21-49-19-17-47-15-13-45-11-9-43-7-5-36-32(41)4-2-1-3-31-33-30(29-54-31)38-34(42)39-33/h30-31,33H,1-29H2,(H,36,41)(H2,38,39,42). The Hall–Kier alpha value is -2.04. The number of azide groups is 1. The van der Waals surface area contributed by atoms with Crippen molar-refractivity contribution in [1.82, 2.24) is 16.0 Å². The van der Waals surface area contributed by atoms with Crippen molar-refractivity contribution < 1.29 is 61.7 Å². The van der Waals surface area contributed by atoms with Gasteiger partial charge in [-0.3, -0.25) is 4.79 Å². The highest BCUT2D eigenvalue weighted by Gasteiger charge is 2.42. The first-order valence-electron chi connectivity index (χ1n) is 19.0. The van der Waals surface area contributed by atoms with Crippen LogP contribution in [0.25, 0.3) is 10.4 Å². The lowest BCUT2D eigenvalue weighted by Crippen LogP contribution is -2.36. The third kappa shape index (κ3) is 28.4. The molecule has 314 valence electrons. The molecule has 0 radical (unpaired) electrons. The molecular formula is C34H64N6O13S. The fraction of sp³-hybridized carbons (Fsp3) is 0.941. The number of fused-ring (bicyclic) bond motifs is 1. The zero-order valence-corrected chi connectivity index (χ0v) is 32.6. The predicted molar refractivity (Wildman–Crippen MR) is 200 cm³/mol. The average molecular weight is 797 g/mol. The van der Waals surface area contributed by atoms with Gasteiger partial charge < -0.3 is 68.1 Å².